The molecule has 0 saturated heterocycles. The Morgan fingerprint density at radius 1 is 1.12 bits per heavy atom. The lowest BCUT2D eigenvalue weighted by Gasteiger charge is -2.19. The zero-order chi connectivity index (χ0) is 23.4. The minimum Gasteiger partial charge on any atom is -0.493 e. The maximum atomic E-state index is 14.8. The number of benzene rings is 2. The number of halogens is 2. The van der Waals surface area contributed by atoms with E-state index < -0.39 is 5.82 Å². The van der Waals surface area contributed by atoms with Crippen molar-refractivity contribution in [2.75, 3.05) is 12.4 Å². The molecule has 0 aliphatic rings. The van der Waals surface area contributed by atoms with E-state index in [0.29, 0.717) is 43.8 Å². The van der Waals surface area contributed by atoms with Crippen LogP contribution in [0.15, 0.2) is 46.6 Å². The quantitative estimate of drug-likeness (QED) is 0.246. The molecule has 4 aromatic rings. The van der Waals surface area contributed by atoms with E-state index in [1.807, 2.05) is 6.07 Å². The van der Waals surface area contributed by atoms with E-state index >= 15 is 0 Å². The van der Waals surface area contributed by atoms with Crippen molar-refractivity contribution in [2.45, 2.75) is 32.8 Å². The minimum absolute atomic E-state index is 0.0563. The molecule has 0 fully saturated rings. The van der Waals surface area contributed by atoms with Gasteiger partial charge in [0.1, 0.15) is 28.3 Å². The predicted molar refractivity (Wildman–Crippen MR) is 131 cm³/mol. The Morgan fingerprint density at radius 3 is 2.61 bits per heavy atom. The van der Waals surface area contributed by atoms with E-state index in [0.717, 1.165) is 12.8 Å². The topological polar surface area (TPSA) is 78.4 Å². The first-order valence-electron chi connectivity index (χ1n) is 10.4. The Balaban J connectivity index is 1.64. The fourth-order valence-electron chi connectivity index (χ4n) is 3.23. The van der Waals surface area contributed by atoms with Crippen molar-refractivity contribution in [3.63, 3.8) is 0 Å². The van der Waals surface area contributed by atoms with Crippen molar-refractivity contribution in [3.8, 4) is 22.4 Å². The Labute approximate surface area is 203 Å². The highest BCUT2D eigenvalue weighted by molar-refractivity contribution is 9.10. The molecule has 7 nitrogen and oxygen atoms in total. The molecule has 2 aromatic heterocycles. The zero-order valence-corrected chi connectivity index (χ0v) is 20.7. The van der Waals surface area contributed by atoms with Gasteiger partial charge in [-0.25, -0.2) is 14.4 Å². The van der Waals surface area contributed by atoms with Gasteiger partial charge >= 0.3 is 0 Å². The summed E-state index contributed by atoms with van der Waals surface area (Å²) in [7, 11) is 1.59. The van der Waals surface area contributed by atoms with Gasteiger partial charge in [-0.2, -0.15) is 4.98 Å². The van der Waals surface area contributed by atoms with Gasteiger partial charge in [-0.05, 0) is 47.0 Å². The van der Waals surface area contributed by atoms with Crippen molar-refractivity contribution >= 4 is 49.7 Å². The van der Waals surface area contributed by atoms with Crippen molar-refractivity contribution in [1.29, 1.82) is 0 Å². The van der Waals surface area contributed by atoms with Crippen LogP contribution in [0.1, 0.15) is 26.7 Å². The second-order valence-corrected chi connectivity index (χ2v) is 8.74. The van der Waals surface area contributed by atoms with E-state index in [9.17, 15) is 4.39 Å². The summed E-state index contributed by atoms with van der Waals surface area (Å²) in [5, 5.41) is 5.95. The normalized spacial score (nSPS) is 11.1. The first-order valence-corrected chi connectivity index (χ1v) is 12.0. The van der Waals surface area contributed by atoms with E-state index in [2.05, 4.69) is 50.0 Å². The van der Waals surface area contributed by atoms with Crippen LogP contribution in [0.2, 0.25) is 0 Å². The molecular weight excluding hydrogens is 511 g/mol. The lowest BCUT2D eigenvalue weighted by molar-refractivity contribution is 0.185. The molecule has 2 heterocycles. The number of hydrogen-bond acceptors (Lipinski definition) is 8. The van der Waals surface area contributed by atoms with Crippen LogP contribution in [0.25, 0.3) is 10.9 Å². The number of anilines is 2. The van der Waals surface area contributed by atoms with Crippen molar-refractivity contribution in [1.82, 2.24) is 15.0 Å². The number of nitrogens with one attached hydrogen (secondary N) is 1. The molecule has 0 aliphatic heterocycles. The minimum atomic E-state index is -0.489. The highest BCUT2D eigenvalue weighted by Crippen LogP contribution is 2.36. The first kappa shape index (κ1) is 23.2. The number of aromatic nitrogens is 3. The number of hydrogen-bond donors (Lipinski definition) is 1. The third-order valence-corrected chi connectivity index (χ3v) is 6.41. The van der Waals surface area contributed by atoms with Gasteiger partial charge in [0.2, 0.25) is 0 Å². The maximum Gasteiger partial charge on any atom is 0.279 e. The number of methoxy groups -OCH3 is 1. The van der Waals surface area contributed by atoms with Gasteiger partial charge < -0.3 is 19.5 Å². The molecule has 0 bridgehead atoms. The molecular formula is C23H22BrFN4O3S. The van der Waals surface area contributed by atoms with Gasteiger partial charge in [0.05, 0.1) is 24.4 Å². The van der Waals surface area contributed by atoms with E-state index in [1.54, 1.807) is 30.7 Å². The van der Waals surface area contributed by atoms with E-state index in [-0.39, 0.29) is 11.8 Å². The molecule has 0 saturated carbocycles. The van der Waals surface area contributed by atoms with Crippen LogP contribution in [0.3, 0.4) is 0 Å². The van der Waals surface area contributed by atoms with Gasteiger partial charge in [-0.3, -0.25) is 0 Å². The molecule has 33 heavy (non-hydrogen) atoms. The molecule has 0 atom stereocenters. The number of thiazole rings is 1. The standard InChI is InChI=1S/C23H22BrFN4O3S/c1-4-13(5-2)31-20-9-15-18(10-19(20)30-3)26-12-27-22(15)28-17-7-6-14(8-16(17)25)32-23-29-21(24)11-33-23/h6-13H,4-5H2,1-3H3,(H,26,27,28). The number of fused-ring (bicyclic) bond motifs is 1. The second kappa shape index (κ2) is 10.3. The fraction of sp³-hybridized carbons (Fsp3) is 0.261. The number of ether oxygens (including phenoxy) is 3. The zero-order valence-electron chi connectivity index (χ0n) is 18.3. The Hall–Kier alpha value is -2.98. The van der Waals surface area contributed by atoms with Crippen LogP contribution in [0.4, 0.5) is 15.9 Å². The van der Waals surface area contributed by atoms with E-state index in [4.69, 9.17) is 14.2 Å². The molecule has 0 aliphatic carbocycles. The van der Waals surface area contributed by atoms with Crippen molar-refractivity contribution < 1.29 is 18.6 Å². The third kappa shape index (κ3) is 5.33. The summed E-state index contributed by atoms with van der Waals surface area (Å²) >= 11 is 4.58. The Kier molecular flexibility index (Phi) is 7.24. The van der Waals surface area contributed by atoms with Crippen molar-refractivity contribution in [3.05, 3.63) is 52.5 Å². The largest absolute Gasteiger partial charge is 0.493 e. The number of rotatable bonds is 9. The van der Waals surface area contributed by atoms with Crippen LogP contribution in [-0.4, -0.2) is 28.2 Å². The molecule has 0 amide bonds. The van der Waals surface area contributed by atoms with Crippen molar-refractivity contribution in [2.24, 2.45) is 0 Å². The molecule has 0 unspecified atom stereocenters. The fourth-order valence-corrected chi connectivity index (χ4v) is 4.33. The van der Waals surface area contributed by atoms with Gasteiger partial charge in [-0.15, -0.1) is 0 Å². The van der Waals surface area contributed by atoms with Gasteiger partial charge in [0, 0.05) is 22.9 Å². The summed E-state index contributed by atoms with van der Waals surface area (Å²) < 4.78 is 32.8. The molecule has 1 N–H and O–H groups in total. The molecule has 0 spiro atoms. The van der Waals surface area contributed by atoms with E-state index in [1.165, 1.54) is 23.7 Å². The van der Waals surface area contributed by atoms with Crippen LogP contribution in [0, 0.1) is 5.82 Å². The summed E-state index contributed by atoms with van der Waals surface area (Å²) in [5.74, 6) is 1.49. The summed E-state index contributed by atoms with van der Waals surface area (Å²) in [6.07, 6.45) is 3.21. The maximum absolute atomic E-state index is 14.8. The van der Waals surface area contributed by atoms with Crippen LogP contribution in [-0.2, 0) is 0 Å². The summed E-state index contributed by atoms with van der Waals surface area (Å²) in [6.45, 7) is 4.14. The summed E-state index contributed by atoms with van der Waals surface area (Å²) in [5.41, 5.74) is 0.900. The lowest BCUT2D eigenvalue weighted by Crippen LogP contribution is -2.14. The SMILES string of the molecule is CCC(CC)Oc1cc2c(Nc3ccc(Oc4nc(Br)cs4)cc3F)ncnc2cc1OC. The highest BCUT2D eigenvalue weighted by atomic mass is 79.9. The molecule has 10 heteroatoms. The van der Waals surface area contributed by atoms with Crippen LogP contribution in [0.5, 0.6) is 22.4 Å². The lowest BCUT2D eigenvalue weighted by atomic mass is 10.1. The summed E-state index contributed by atoms with van der Waals surface area (Å²) in [4.78, 5) is 12.8. The monoisotopic (exact) mass is 532 g/mol. The first-order chi connectivity index (χ1) is 16.0. The second-order valence-electron chi connectivity index (χ2n) is 7.10. The van der Waals surface area contributed by atoms with Gasteiger partial charge in [-0.1, -0.05) is 25.2 Å². The third-order valence-electron chi connectivity index (χ3n) is 4.98. The molecule has 172 valence electrons. The number of nitrogens with zero attached hydrogens (tertiary/aromatic N) is 3. The Morgan fingerprint density at radius 2 is 1.94 bits per heavy atom. The highest BCUT2D eigenvalue weighted by Gasteiger charge is 2.16. The molecule has 4 rings (SSSR count). The van der Waals surface area contributed by atoms with Crippen LogP contribution < -0.4 is 19.5 Å². The summed E-state index contributed by atoms with van der Waals surface area (Å²) in [6, 6.07) is 8.16. The van der Waals surface area contributed by atoms with Crippen LogP contribution >= 0.6 is 27.3 Å². The average Bonchev–Trinajstić information content (AvgIpc) is 3.23. The molecule has 2 aromatic carbocycles. The van der Waals surface area contributed by atoms with Gasteiger partial charge in [0.25, 0.3) is 5.19 Å². The molecule has 0 radical (unpaired) electrons. The predicted octanol–water partition coefficient (Wildman–Crippen LogP) is 7.10. The average molecular weight is 533 g/mol. The Bertz CT molecular complexity index is 1270. The van der Waals surface area contributed by atoms with Gasteiger partial charge in [0.15, 0.2) is 11.5 Å². The smallest absolute Gasteiger partial charge is 0.279 e.